The molecule has 7 heteroatoms. The van der Waals surface area contributed by atoms with E-state index < -0.39 is 29.9 Å². The molecule has 0 aromatic carbocycles. The summed E-state index contributed by atoms with van der Waals surface area (Å²) in [7, 11) is 1.42. The molecular formula is C10H14O7. The highest BCUT2D eigenvalue weighted by molar-refractivity contribution is 6.01. The van der Waals surface area contributed by atoms with E-state index in [9.17, 15) is 14.4 Å². The summed E-state index contributed by atoms with van der Waals surface area (Å²) in [5, 5.41) is 17.4. The van der Waals surface area contributed by atoms with Crippen molar-refractivity contribution in [2.45, 2.75) is 13.3 Å². The number of hydrogen-bond donors (Lipinski definition) is 2. The molecule has 0 aromatic rings. The molecule has 0 aliphatic rings. The third-order valence-corrected chi connectivity index (χ3v) is 1.90. The smallest absolute Gasteiger partial charge is 0.332 e. The number of hydrogen-bond acceptors (Lipinski definition) is 5. The van der Waals surface area contributed by atoms with Crippen LogP contribution in [0.5, 0.6) is 0 Å². The van der Waals surface area contributed by atoms with Gasteiger partial charge in [0, 0.05) is 12.7 Å². The summed E-state index contributed by atoms with van der Waals surface area (Å²) in [4.78, 5) is 32.5. The Morgan fingerprint density at radius 2 is 1.65 bits per heavy atom. The summed E-state index contributed by atoms with van der Waals surface area (Å²) < 4.78 is 9.27. The summed E-state index contributed by atoms with van der Waals surface area (Å²) in [5.41, 5.74) is -0.874. The van der Waals surface area contributed by atoms with Gasteiger partial charge in [0.1, 0.15) is 6.61 Å². The Labute approximate surface area is 97.6 Å². The number of carbonyl (C=O) groups is 3. The average Bonchev–Trinajstić information content (AvgIpc) is 2.24. The van der Waals surface area contributed by atoms with Gasteiger partial charge in [0.25, 0.3) is 0 Å². The summed E-state index contributed by atoms with van der Waals surface area (Å²) in [5.74, 6) is -3.64. The Morgan fingerprint density at radius 3 is 2.06 bits per heavy atom. The minimum atomic E-state index is -1.45. The van der Waals surface area contributed by atoms with Gasteiger partial charge < -0.3 is 19.7 Å². The number of ether oxygens (including phenoxy) is 2. The molecule has 96 valence electrons. The maximum atomic E-state index is 11.2. The summed E-state index contributed by atoms with van der Waals surface area (Å²) >= 11 is 0. The van der Waals surface area contributed by atoms with Crippen molar-refractivity contribution < 1.29 is 34.1 Å². The number of carboxylic acids is 2. The highest BCUT2D eigenvalue weighted by Crippen LogP contribution is 2.10. The second-order valence-corrected chi connectivity index (χ2v) is 3.10. The molecule has 0 amide bonds. The molecule has 0 heterocycles. The lowest BCUT2D eigenvalue weighted by molar-refractivity contribution is -0.146. The maximum Gasteiger partial charge on any atom is 0.332 e. The minimum Gasteiger partial charge on any atom is -0.478 e. The molecule has 0 aromatic heterocycles. The van der Waals surface area contributed by atoms with Crippen molar-refractivity contribution in [2.24, 2.45) is 0 Å². The number of rotatable bonds is 7. The fourth-order valence-corrected chi connectivity index (χ4v) is 0.932. The molecule has 0 aliphatic heterocycles. The Bertz CT molecular complexity index is 343. The number of carbonyl (C=O) groups excluding carboxylic acids is 1. The Balaban J connectivity index is 4.58. The van der Waals surface area contributed by atoms with Gasteiger partial charge in [0.05, 0.1) is 18.6 Å². The second-order valence-electron chi connectivity index (χ2n) is 3.10. The van der Waals surface area contributed by atoms with E-state index in [1.54, 1.807) is 0 Å². The van der Waals surface area contributed by atoms with Crippen LogP contribution in [0.3, 0.4) is 0 Å². The number of esters is 1. The number of methoxy groups -OCH3 is 1. The van der Waals surface area contributed by atoms with Gasteiger partial charge in [-0.15, -0.1) is 0 Å². The van der Waals surface area contributed by atoms with E-state index >= 15 is 0 Å². The molecule has 0 saturated carbocycles. The highest BCUT2D eigenvalue weighted by atomic mass is 16.6. The Hall–Kier alpha value is -1.89. The standard InChI is InChI=1S/C10H14O7/c1-6(9(12)13)7(10(14)15)5-8(11)17-4-3-16-2/h3-5H2,1-2H3,(H,12,13)(H,14,15). The van der Waals surface area contributed by atoms with E-state index in [-0.39, 0.29) is 18.8 Å². The van der Waals surface area contributed by atoms with Gasteiger partial charge in [0.15, 0.2) is 0 Å². The van der Waals surface area contributed by atoms with Gasteiger partial charge in [-0.25, -0.2) is 9.59 Å². The van der Waals surface area contributed by atoms with Crippen LogP contribution < -0.4 is 0 Å². The molecule has 0 unspecified atom stereocenters. The largest absolute Gasteiger partial charge is 0.478 e. The lowest BCUT2D eigenvalue weighted by Gasteiger charge is -2.06. The first-order chi connectivity index (χ1) is 7.90. The van der Waals surface area contributed by atoms with Crippen LogP contribution in [0.1, 0.15) is 13.3 Å². The summed E-state index contributed by atoms with van der Waals surface area (Å²) in [6.07, 6.45) is -0.586. The number of carboxylic acid groups (broad SMARTS) is 2. The van der Waals surface area contributed by atoms with Crippen LogP contribution in [0.4, 0.5) is 0 Å². The summed E-state index contributed by atoms with van der Waals surface area (Å²) in [6, 6.07) is 0. The van der Waals surface area contributed by atoms with Gasteiger partial charge in [-0.3, -0.25) is 4.79 Å². The molecule has 0 fully saturated rings. The average molecular weight is 246 g/mol. The fourth-order valence-electron chi connectivity index (χ4n) is 0.932. The molecular weight excluding hydrogens is 232 g/mol. The molecule has 0 saturated heterocycles. The van der Waals surface area contributed by atoms with E-state index in [2.05, 4.69) is 9.47 Å². The SMILES string of the molecule is COCCOC(=O)CC(C(=O)O)=C(C)C(=O)O. The molecule has 17 heavy (non-hydrogen) atoms. The number of aliphatic carboxylic acids is 2. The van der Waals surface area contributed by atoms with Crippen molar-refractivity contribution in [2.75, 3.05) is 20.3 Å². The maximum absolute atomic E-state index is 11.2. The summed E-state index contributed by atoms with van der Waals surface area (Å²) in [6.45, 7) is 1.30. The lowest BCUT2D eigenvalue weighted by atomic mass is 10.1. The fraction of sp³-hybridized carbons (Fsp3) is 0.500. The highest BCUT2D eigenvalue weighted by Gasteiger charge is 2.20. The second kappa shape index (κ2) is 7.39. The zero-order chi connectivity index (χ0) is 13.4. The van der Waals surface area contributed by atoms with Crippen molar-refractivity contribution in [1.29, 1.82) is 0 Å². The van der Waals surface area contributed by atoms with E-state index in [1.807, 2.05) is 0 Å². The van der Waals surface area contributed by atoms with Crippen LogP contribution in [0.25, 0.3) is 0 Å². The van der Waals surface area contributed by atoms with Crippen molar-refractivity contribution in [1.82, 2.24) is 0 Å². The predicted molar refractivity (Wildman–Crippen MR) is 55.4 cm³/mol. The zero-order valence-electron chi connectivity index (χ0n) is 9.56. The minimum absolute atomic E-state index is 0.00560. The molecule has 0 bridgehead atoms. The molecule has 0 aliphatic carbocycles. The molecule has 0 spiro atoms. The predicted octanol–water partition coefficient (Wildman–Crippen LogP) is 0.0518. The van der Waals surface area contributed by atoms with Crippen molar-refractivity contribution in [3.63, 3.8) is 0 Å². The van der Waals surface area contributed by atoms with Gasteiger partial charge in [-0.05, 0) is 6.92 Å². The third-order valence-electron chi connectivity index (χ3n) is 1.90. The molecule has 0 atom stereocenters. The van der Waals surface area contributed by atoms with Gasteiger partial charge in [-0.2, -0.15) is 0 Å². The van der Waals surface area contributed by atoms with Crippen LogP contribution in [0.2, 0.25) is 0 Å². The quantitative estimate of drug-likeness (QED) is 0.371. The van der Waals surface area contributed by atoms with Crippen molar-refractivity contribution in [3.05, 3.63) is 11.1 Å². The van der Waals surface area contributed by atoms with Crippen LogP contribution in [-0.4, -0.2) is 48.4 Å². The van der Waals surface area contributed by atoms with Crippen molar-refractivity contribution >= 4 is 17.9 Å². The molecule has 2 N–H and O–H groups in total. The third kappa shape index (κ3) is 5.67. The van der Waals surface area contributed by atoms with E-state index in [4.69, 9.17) is 10.2 Å². The first-order valence-corrected chi connectivity index (χ1v) is 4.71. The Kier molecular flexibility index (Phi) is 6.57. The zero-order valence-corrected chi connectivity index (χ0v) is 9.56. The Morgan fingerprint density at radius 1 is 1.06 bits per heavy atom. The van der Waals surface area contributed by atoms with Crippen LogP contribution in [0.15, 0.2) is 11.1 Å². The van der Waals surface area contributed by atoms with E-state index in [0.29, 0.717) is 0 Å². The molecule has 7 nitrogen and oxygen atoms in total. The van der Waals surface area contributed by atoms with E-state index in [1.165, 1.54) is 7.11 Å². The lowest BCUT2D eigenvalue weighted by Crippen LogP contribution is -2.16. The van der Waals surface area contributed by atoms with Gasteiger partial charge >= 0.3 is 17.9 Å². The van der Waals surface area contributed by atoms with Gasteiger partial charge in [-0.1, -0.05) is 0 Å². The normalized spacial score (nSPS) is 11.6. The van der Waals surface area contributed by atoms with Crippen molar-refractivity contribution in [3.8, 4) is 0 Å². The van der Waals surface area contributed by atoms with Crippen LogP contribution in [0, 0.1) is 0 Å². The first kappa shape index (κ1) is 15.1. The van der Waals surface area contributed by atoms with Crippen LogP contribution >= 0.6 is 0 Å². The first-order valence-electron chi connectivity index (χ1n) is 4.71. The monoisotopic (exact) mass is 246 g/mol. The molecule has 0 radical (unpaired) electrons. The van der Waals surface area contributed by atoms with Gasteiger partial charge in [0.2, 0.25) is 0 Å². The topological polar surface area (TPSA) is 110 Å². The van der Waals surface area contributed by atoms with Crippen LogP contribution in [-0.2, 0) is 23.9 Å². The molecule has 0 rings (SSSR count). The van der Waals surface area contributed by atoms with E-state index in [0.717, 1.165) is 6.92 Å².